The van der Waals surface area contributed by atoms with E-state index < -0.39 is 0 Å². The third kappa shape index (κ3) is 5.35. The molecule has 1 aliphatic heterocycles. The van der Waals surface area contributed by atoms with E-state index in [1.54, 1.807) is 13.3 Å². The smallest absolute Gasteiger partial charge is 0.321 e. The summed E-state index contributed by atoms with van der Waals surface area (Å²) in [5.74, 6) is 1.25. The molecule has 0 radical (unpaired) electrons. The molecule has 1 atom stereocenters. The van der Waals surface area contributed by atoms with Gasteiger partial charge >= 0.3 is 6.03 Å². The van der Waals surface area contributed by atoms with Crippen LogP contribution in [0.3, 0.4) is 0 Å². The van der Waals surface area contributed by atoms with Gasteiger partial charge < -0.3 is 25.6 Å². The maximum atomic E-state index is 12.3. The van der Waals surface area contributed by atoms with Crippen molar-refractivity contribution in [2.45, 2.75) is 25.8 Å². The van der Waals surface area contributed by atoms with Crippen molar-refractivity contribution in [3.8, 4) is 0 Å². The van der Waals surface area contributed by atoms with E-state index in [1.807, 2.05) is 43.9 Å². The molecule has 3 rings (SSSR count). The lowest BCUT2D eigenvalue weighted by Gasteiger charge is -2.17. The Morgan fingerprint density at radius 1 is 1.32 bits per heavy atom. The molecule has 148 valence electrons. The summed E-state index contributed by atoms with van der Waals surface area (Å²) in [6.45, 7) is 4.26. The summed E-state index contributed by atoms with van der Waals surface area (Å²) < 4.78 is 5.16. The van der Waals surface area contributed by atoms with Gasteiger partial charge in [-0.15, -0.1) is 0 Å². The number of nitrogens with zero attached hydrogens (tertiary/aromatic N) is 3. The minimum absolute atomic E-state index is 0.0557. The monoisotopic (exact) mass is 382 g/mol. The molecule has 9 heteroatoms. The summed E-state index contributed by atoms with van der Waals surface area (Å²) in [6.07, 6.45) is 3.91. The fourth-order valence-corrected chi connectivity index (χ4v) is 3.10. The van der Waals surface area contributed by atoms with Crippen molar-refractivity contribution >= 4 is 42.5 Å². The van der Waals surface area contributed by atoms with Gasteiger partial charge in [0.1, 0.15) is 13.7 Å². The van der Waals surface area contributed by atoms with Crippen molar-refractivity contribution in [3.05, 3.63) is 30.5 Å². The summed E-state index contributed by atoms with van der Waals surface area (Å²) >= 11 is 0. The largest absolute Gasteiger partial charge is 0.383 e. The first-order valence-electron chi connectivity index (χ1n) is 9.57. The van der Waals surface area contributed by atoms with Crippen molar-refractivity contribution < 1.29 is 9.53 Å². The number of benzene rings is 1. The van der Waals surface area contributed by atoms with Crippen LogP contribution in [0.15, 0.2) is 30.5 Å². The average Bonchev–Trinajstić information content (AvgIpc) is 3.20. The number of likely N-dealkylation sites (tertiary alicyclic amines) is 1. The predicted octanol–water partition coefficient (Wildman–Crippen LogP) is 1.55. The SMILES string of the molecule is Bc1cnc(Nc2cccc(NC(=O)N3CCCC3)c2)nc1NC(C)COC. The summed E-state index contributed by atoms with van der Waals surface area (Å²) in [4.78, 5) is 23.0. The molecular formula is C19H27BN6O2. The van der Waals surface area contributed by atoms with Crippen molar-refractivity contribution in [2.24, 2.45) is 0 Å². The van der Waals surface area contributed by atoms with Crippen LogP contribution < -0.4 is 21.4 Å². The summed E-state index contributed by atoms with van der Waals surface area (Å²) in [7, 11) is 3.63. The number of rotatable bonds is 7. The Morgan fingerprint density at radius 3 is 2.82 bits per heavy atom. The van der Waals surface area contributed by atoms with Gasteiger partial charge in [-0.25, -0.2) is 9.78 Å². The molecule has 1 fully saturated rings. The molecule has 1 aromatic carbocycles. The summed E-state index contributed by atoms with van der Waals surface area (Å²) in [5, 5.41) is 9.48. The highest BCUT2D eigenvalue weighted by atomic mass is 16.5. The number of carbonyl (C=O) groups is 1. The number of hydrogen-bond acceptors (Lipinski definition) is 6. The van der Waals surface area contributed by atoms with Crippen molar-refractivity contribution in [1.82, 2.24) is 14.9 Å². The van der Waals surface area contributed by atoms with E-state index in [9.17, 15) is 4.79 Å². The van der Waals surface area contributed by atoms with Crippen LogP contribution in [0.25, 0.3) is 0 Å². The molecule has 3 N–H and O–H groups in total. The topological polar surface area (TPSA) is 91.4 Å². The molecule has 0 saturated carbocycles. The first-order valence-corrected chi connectivity index (χ1v) is 9.57. The van der Waals surface area contributed by atoms with Gasteiger partial charge in [-0.3, -0.25) is 0 Å². The molecule has 2 heterocycles. The maximum absolute atomic E-state index is 12.3. The minimum Gasteiger partial charge on any atom is -0.383 e. The van der Waals surface area contributed by atoms with Crippen LogP contribution in [0.1, 0.15) is 19.8 Å². The summed E-state index contributed by atoms with van der Waals surface area (Å²) in [6, 6.07) is 7.62. The second-order valence-corrected chi connectivity index (χ2v) is 7.06. The van der Waals surface area contributed by atoms with Crippen molar-refractivity contribution in [1.29, 1.82) is 0 Å². The van der Waals surface area contributed by atoms with Crippen LogP contribution in [0, 0.1) is 0 Å². The number of amides is 2. The lowest BCUT2D eigenvalue weighted by Crippen LogP contribution is -2.32. The van der Waals surface area contributed by atoms with Gasteiger partial charge in [0.2, 0.25) is 5.95 Å². The van der Waals surface area contributed by atoms with E-state index in [1.165, 1.54) is 0 Å². The fraction of sp³-hybridized carbons (Fsp3) is 0.421. The first-order chi connectivity index (χ1) is 13.5. The van der Waals surface area contributed by atoms with Gasteiger partial charge in [0.15, 0.2) is 0 Å². The van der Waals surface area contributed by atoms with Crippen LogP contribution in [-0.2, 0) is 4.74 Å². The lowest BCUT2D eigenvalue weighted by molar-refractivity contribution is 0.190. The third-order valence-corrected chi connectivity index (χ3v) is 4.53. The molecular weight excluding hydrogens is 355 g/mol. The van der Waals surface area contributed by atoms with E-state index in [0.717, 1.165) is 48.6 Å². The molecule has 0 bridgehead atoms. The van der Waals surface area contributed by atoms with Crippen LogP contribution in [0.5, 0.6) is 0 Å². The van der Waals surface area contributed by atoms with E-state index in [-0.39, 0.29) is 12.1 Å². The molecule has 2 amide bonds. The molecule has 0 spiro atoms. The Balaban J connectivity index is 1.67. The van der Waals surface area contributed by atoms with Gasteiger partial charge in [0.05, 0.1) is 6.61 Å². The number of urea groups is 1. The van der Waals surface area contributed by atoms with Gasteiger partial charge in [0.25, 0.3) is 0 Å². The number of carbonyl (C=O) groups excluding carboxylic acids is 1. The van der Waals surface area contributed by atoms with Crippen molar-refractivity contribution in [2.75, 3.05) is 42.8 Å². The molecule has 0 aliphatic carbocycles. The highest BCUT2D eigenvalue weighted by Crippen LogP contribution is 2.19. The number of ether oxygens (including phenoxy) is 1. The second kappa shape index (κ2) is 9.41. The number of anilines is 4. The van der Waals surface area contributed by atoms with E-state index >= 15 is 0 Å². The molecule has 2 aromatic rings. The number of methoxy groups -OCH3 is 1. The number of aromatic nitrogens is 2. The van der Waals surface area contributed by atoms with Gasteiger partial charge in [-0.2, -0.15) is 4.98 Å². The predicted molar refractivity (Wildman–Crippen MR) is 115 cm³/mol. The van der Waals surface area contributed by atoms with E-state index in [2.05, 4.69) is 25.9 Å². The Kier molecular flexibility index (Phi) is 6.70. The molecule has 1 aromatic heterocycles. The number of hydrogen-bond donors (Lipinski definition) is 3. The zero-order chi connectivity index (χ0) is 19.9. The average molecular weight is 382 g/mol. The van der Waals surface area contributed by atoms with E-state index in [4.69, 9.17) is 4.74 Å². The summed E-state index contributed by atoms with van der Waals surface area (Å²) in [5.41, 5.74) is 2.50. The van der Waals surface area contributed by atoms with Gasteiger partial charge in [0, 0.05) is 43.8 Å². The highest BCUT2D eigenvalue weighted by molar-refractivity contribution is 6.35. The highest BCUT2D eigenvalue weighted by Gasteiger charge is 2.17. The first kappa shape index (κ1) is 19.9. The molecule has 28 heavy (non-hydrogen) atoms. The zero-order valence-electron chi connectivity index (χ0n) is 16.7. The van der Waals surface area contributed by atoms with Crippen molar-refractivity contribution in [3.63, 3.8) is 0 Å². The Bertz CT molecular complexity index is 813. The van der Waals surface area contributed by atoms with Gasteiger partial charge in [-0.1, -0.05) is 6.07 Å². The molecule has 1 aliphatic rings. The molecule has 1 saturated heterocycles. The normalized spacial score (nSPS) is 14.6. The fourth-order valence-electron chi connectivity index (χ4n) is 3.10. The quantitative estimate of drug-likeness (QED) is 0.630. The Morgan fingerprint density at radius 2 is 2.07 bits per heavy atom. The van der Waals surface area contributed by atoms with Crippen LogP contribution in [0.4, 0.5) is 27.9 Å². The van der Waals surface area contributed by atoms with E-state index in [0.29, 0.717) is 12.6 Å². The Labute approximate surface area is 166 Å². The lowest BCUT2D eigenvalue weighted by atomic mass is 9.99. The molecule has 1 unspecified atom stereocenters. The zero-order valence-corrected chi connectivity index (χ0v) is 16.7. The van der Waals surface area contributed by atoms with Gasteiger partial charge in [-0.05, 0) is 43.4 Å². The van der Waals surface area contributed by atoms with Crippen LogP contribution in [-0.4, -0.2) is 61.6 Å². The van der Waals surface area contributed by atoms with Crippen LogP contribution >= 0.6 is 0 Å². The third-order valence-electron chi connectivity index (χ3n) is 4.53. The Hall–Kier alpha value is -2.81. The minimum atomic E-state index is -0.0557. The van der Waals surface area contributed by atoms with Crippen LogP contribution in [0.2, 0.25) is 0 Å². The second-order valence-electron chi connectivity index (χ2n) is 7.06. The number of nitrogens with one attached hydrogen (secondary N) is 3. The standard InChI is InChI=1S/C19H27BN6O2/c1-13(12-28-2)22-17-16(20)11-21-18(25-17)23-14-6-5-7-15(10-14)24-19(27)26-8-3-4-9-26/h5-7,10-11,13H,3-4,8-9,12,20H2,1-2H3,(H,24,27)(H2,21,22,23,25). The molecule has 8 nitrogen and oxygen atoms in total. The maximum Gasteiger partial charge on any atom is 0.321 e.